The molecule has 0 fully saturated rings. The molecule has 3 heterocycles. The van der Waals surface area contributed by atoms with Crippen molar-refractivity contribution in [1.82, 2.24) is 9.97 Å². The molecule has 9 rings (SSSR count). The number of aromatic nitrogens is 2. The highest BCUT2D eigenvalue weighted by molar-refractivity contribution is 7.25. The van der Waals surface area contributed by atoms with Crippen LogP contribution >= 0.6 is 11.3 Å². The quantitative estimate of drug-likeness (QED) is 0.205. The molecule has 0 unspecified atom stereocenters. The van der Waals surface area contributed by atoms with Gasteiger partial charge in [-0.05, 0) is 75.1 Å². The number of rotatable bonds is 2. The highest BCUT2D eigenvalue weighted by atomic mass is 32.1. The van der Waals surface area contributed by atoms with E-state index in [1.54, 1.807) is 0 Å². The molecule has 6 aromatic carbocycles. The molecule has 0 N–H and O–H groups in total. The number of hydrogen-bond acceptors (Lipinski definition) is 3. The minimum Gasteiger partial charge on any atom is -0.254 e. The maximum Gasteiger partial charge on any atom is 0.0972 e. The monoisotopic (exact) mass is 538 g/mol. The van der Waals surface area contributed by atoms with E-state index >= 15 is 0 Å². The third-order valence-electron chi connectivity index (χ3n) is 8.27. The van der Waals surface area contributed by atoms with Crippen molar-refractivity contribution in [3.63, 3.8) is 0 Å². The fraction of sp³-hybridized carbons (Fsp3) is 0. The van der Waals surface area contributed by atoms with E-state index in [4.69, 9.17) is 4.98 Å². The minimum absolute atomic E-state index is 0.945. The Kier molecular flexibility index (Phi) is 4.80. The van der Waals surface area contributed by atoms with Crippen molar-refractivity contribution in [2.45, 2.75) is 0 Å². The van der Waals surface area contributed by atoms with Gasteiger partial charge in [0, 0.05) is 42.7 Å². The van der Waals surface area contributed by atoms with E-state index in [1.807, 2.05) is 23.6 Å². The summed E-state index contributed by atoms with van der Waals surface area (Å²) in [5.74, 6) is 0. The Morgan fingerprint density at radius 1 is 0.415 bits per heavy atom. The van der Waals surface area contributed by atoms with Crippen molar-refractivity contribution < 1.29 is 0 Å². The summed E-state index contributed by atoms with van der Waals surface area (Å²) in [5.41, 5.74) is 6.46. The lowest BCUT2D eigenvalue weighted by Crippen LogP contribution is -1.89. The van der Waals surface area contributed by atoms with Gasteiger partial charge in [0.05, 0.1) is 16.7 Å². The number of pyridine rings is 2. The molecule has 0 saturated heterocycles. The van der Waals surface area contributed by atoms with E-state index in [0.29, 0.717) is 0 Å². The maximum atomic E-state index is 5.06. The van der Waals surface area contributed by atoms with Gasteiger partial charge in [-0.25, -0.2) is 4.98 Å². The van der Waals surface area contributed by atoms with Crippen molar-refractivity contribution in [1.29, 1.82) is 0 Å². The van der Waals surface area contributed by atoms with Crippen LogP contribution in [0.15, 0.2) is 134 Å². The van der Waals surface area contributed by atoms with Crippen LogP contribution in [0.1, 0.15) is 0 Å². The van der Waals surface area contributed by atoms with Gasteiger partial charge in [0.2, 0.25) is 0 Å². The Bertz CT molecular complexity index is 2490. The van der Waals surface area contributed by atoms with Crippen LogP contribution in [-0.4, -0.2) is 9.97 Å². The fourth-order valence-corrected chi connectivity index (χ4v) is 7.29. The van der Waals surface area contributed by atoms with E-state index in [0.717, 1.165) is 33.1 Å². The average molecular weight is 539 g/mol. The summed E-state index contributed by atoms with van der Waals surface area (Å²) < 4.78 is 2.68. The summed E-state index contributed by atoms with van der Waals surface area (Å²) >= 11 is 1.86. The van der Waals surface area contributed by atoms with E-state index in [1.165, 1.54) is 52.8 Å². The fourth-order valence-electron chi connectivity index (χ4n) is 6.20. The lowest BCUT2D eigenvalue weighted by Gasteiger charge is -2.10. The molecule has 0 aliphatic rings. The maximum absolute atomic E-state index is 5.06. The lowest BCUT2D eigenvalue weighted by atomic mass is 9.95. The summed E-state index contributed by atoms with van der Waals surface area (Å²) in [6.45, 7) is 0. The van der Waals surface area contributed by atoms with Crippen LogP contribution in [0.25, 0.3) is 85.9 Å². The van der Waals surface area contributed by atoms with Crippen LogP contribution in [0.2, 0.25) is 0 Å². The Balaban J connectivity index is 1.14. The molecular weight excluding hydrogens is 516 g/mol. The molecule has 41 heavy (non-hydrogen) atoms. The largest absolute Gasteiger partial charge is 0.254 e. The number of benzene rings is 6. The molecule has 9 aromatic rings. The zero-order chi connectivity index (χ0) is 26.9. The van der Waals surface area contributed by atoms with Crippen molar-refractivity contribution in [2.75, 3.05) is 0 Å². The molecule has 190 valence electrons. The zero-order valence-corrected chi connectivity index (χ0v) is 22.8. The molecule has 0 radical (unpaired) electrons. The van der Waals surface area contributed by atoms with Gasteiger partial charge in [-0.3, -0.25) is 4.98 Å². The van der Waals surface area contributed by atoms with Crippen LogP contribution < -0.4 is 0 Å². The Hall–Kier alpha value is -5.12. The lowest BCUT2D eigenvalue weighted by molar-refractivity contribution is 1.37. The molecule has 3 aromatic heterocycles. The van der Waals surface area contributed by atoms with Crippen molar-refractivity contribution in [3.8, 4) is 22.4 Å². The average Bonchev–Trinajstić information content (AvgIpc) is 3.42. The summed E-state index contributed by atoms with van der Waals surface area (Å²) in [4.78, 5) is 9.68. The van der Waals surface area contributed by atoms with Crippen LogP contribution in [0.4, 0.5) is 0 Å². The van der Waals surface area contributed by atoms with E-state index in [9.17, 15) is 0 Å². The molecule has 2 nitrogen and oxygen atoms in total. The Morgan fingerprint density at radius 3 is 1.95 bits per heavy atom. The molecular formula is C38H22N2S. The summed E-state index contributed by atoms with van der Waals surface area (Å²) in [6.07, 6.45) is 1.84. The van der Waals surface area contributed by atoms with Gasteiger partial charge in [0.25, 0.3) is 0 Å². The normalized spacial score (nSPS) is 11.9. The number of thiophene rings is 1. The van der Waals surface area contributed by atoms with Crippen LogP contribution in [0.3, 0.4) is 0 Å². The first-order valence-corrected chi connectivity index (χ1v) is 14.6. The Labute approximate surface area is 240 Å². The van der Waals surface area contributed by atoms with Crippen molar-refractivity contribution in [3.05, 3.63) is 134 Å². The van der Waals surface area contributed by atoms with E-state index < -0.39 is 0 Å². The first kappa shape index (κ1) is 22.7. The molecule has 0 spiro atoms. The summed E-state index contributed by atoms with van der Waals surface area (Å²) in [5, 5.41) is 9.87. The van der Waals surface area contributed by atoms with Crippen molar-refractivity contribution >= 4 is 74.9 Å². The molecule has 3 heteroatoms. The van der Waals surface area contributed by atoms with Crippen LogP contribution in [0.5, 0.6) is 0 Å². The van der Waals surface area contributed by atoms with E-state index in [-0.39, 0.29) is 0 Å². The summed E-state index contributed by atoms with van der Waals surface area (Å²) in [7, 11) is 0. The SMILES string of the molecule is c1cnc2c(c1)ccc1ccc(-c3ccc4c(ccc5cc(-c6ccc7sc8ccccc8c7c6)ccc54)c3)nc12. The molecule has 0 aliphatic heterocycles. The molecule has 0 saturated carbocycles. The van der Waals surface area contributed by atoms with Gasteiger partial charge in [-0.15, -0.1) is 11.3 Å². The van der Waals surface area contributed by atoms with Gasteiger partial charge in [-0.2, -0.15) is 0 Å². The molecule has 0 bridgehead atoms. The molecule has 0 atom stereocenters. The zero-order valence-electron chi connectivity index (χ0n) is 22.0. The predicted octanol–water partition coefficient (Wildman–Crippen LogP) is 10.8. The second-order valence-corrected chi connectivity index (χ2v) is 11.7. The van der Waals surface area contributed by atoms with Crippen LogP contribution in [-0.2, 0) is 0 Å². The Morgan fingerprint density at radius 2 is 1.07 bits per heavy atom. The second-order valence-electron chi connectivity index (χ2n) is 10.7. The van der Waals surface area contributed by atoms with Gasteiger partial charge in [-0.1, -0.05) is 84.9 Å². The van der Waals surface area contributed by atoms with Gasteiger partial charge >= 0.3 is 0 Å². The van der Waals surface area contributed by atoms with Gasteiger partial charge < -0.3 is 0 Å². The highest BCUT2D eigenvalue weighted by Crippen LogP contribution is 2.38. The molecule has 0 amide bonds. The van der Waals surface area contributed by atoms with Gasteiger partial charge in [0.15, 0.2) is 0 Å². The number of hydrogen-bond donors (Lipinski definition) is 0. The summed E-state index contributed by atoms with van der Waals surface area (Å²) in [6, 6.07) is 46.1. The smallest absolute Gasteiger partial charge is 0.0972 e. The highest BCUT2D eigenvalue weighted by Gasteiger charge is 2.10. The first-order chi connectivity index (χ1) is 20.3. The number of fused-ring (bicyclic) bond motifs is 9. The van der Waals surface area contributed by atoms with Gasteiger partial charge in [0.1, 0.15) is 0 Å². The van der Waals surface area contributed by atoms with Crippen molar-refractivity contribution in [2.24, 2.45) is 0 Å². The topological polar surface area (TPSA) is 25.8 Å². The van der Waals surface area contributed by atoms with E-state index in [2.05, 4.69) is 126 Å². The minimum atomic E-state index is 0.945. The third-order valence-corrected chi connectivity index (χ3v) is 9.43. The number of nitrogens with zero attached hydrogens (tertiary/aromatic N) is 2. The van der Waals surface area contributed by atoms with Crippen LogP contribution in [0, 0.1) is 0 Å². The first-order valence-electron chi connectivity index (χ1n) is 13.8. The predicted molar refractivity (Wildman–Crippen MR) is 176 cm³/mol. The standard InChI is InChI=1S/C38H22N2S/c1-2-6-35-32(5-1)33-22-26(14-18-36(33)41-35)25-11-15-30-27(20-25)9-10-28-21-29(12-16-31(28)30)34-17-13-24-8-7-23-4-3-19-39-37(23)38(24)40-34/h1-22H. The second kappa shape index (κ2) is 8.69. The molecule has 0 aliphatic carbocycles. The third kappa shape index (κ3) is 3.56.